The molecule has 0 bridgehead atoms. The minimum absolute atomic E-state index is 0.0131. The number of esters is 1. The predicted octanol–water partition coefficient (Wildman–Crippen LogP) is 0.423. The Morgan fingerprint density at radius 1 is 1.26 bits per heavy atom. The van der Waals surface area contributed by atoms with Crippen molar-refractivity contribution < 1.29 is 29.3 Å². The lowest BCUT2D eigenvalue weighted by Gasteiger charge is -2.40. The fourth-order valence-electron chi connectivity index (χ4n) is 1.95. The average Bonchev–Trinajstić information content (AvgIpc) is 2.71. The second-order valence-corrected chi connectivity index (χ2v) is 7.17. The van der Waals surface area contributed by atoms with Crippen molar-refractivity contribution in [3.8, 4) is 0 Å². The monoisotopic (exact) mass is 328 g/mol. The summed E-state index contributed by atoms with van der Waals surface area (Å²) in [7, 11) is -2.07. The summed E-state index contributed by atoms with van der Waals surface area (Å²) in [5.41, 5.74) is -2.97. The van der Waals surface area contributed by atoms with Crippen LogP contribution in [0.25, 0.3) is 0 Å². The lowest BCUT2D eigenvalue weighted by molar-refractivity contribution is -0.120. The molecule has 1 rings (SSSR count). The van der Waals surface area contributed by atoms with Gasteiger partial charge < -0.3 is 24.5 Å². The number of carbonyl (C=O) groups is 1. The molecule has 1 unspecified atom stereocenters. The van der Waals surface area contributed by atoms with Crippen molar-refractivity contribution in [3.05, 3.63) is 17.5 Å². The molecular formula is C14H25BN2O6. The average molecular weight is 328 g/mol. The first kappa shape index (κ1) is 19.6. The number of aromatic nitrogens is 2. The van der Waals surface area contributed by atoms with Gasteiger partial charge in [-0.15, -0.1) is 0 Å². The zero-order valence-electron chi connectivity index (χ0n) is 14.4. The van der Waals surface area contributed by atoms with Crippen LogP contribution in [-0.2, 0) is 15.8 Å². The quantitative estimate of drug-likeness (QED) is 0.440. The molecule has 1 heterocycles. The number of hydrogen-bond acceptors (Lipinski definition) is 7. The number of rotatable bonds is 6. The number of aliphatic hydroxyl groups is 1. The molecule has 8 nitrogen and oxygen atoms in total. The highest BCUT2D eigenvalue weighted by atomic mass is 16.6. The fourth-order valence-corrected chi connectivity index (χ4v) is 1.95. The number of nitrogens with one attached hydrogen (secondary N) is 1. The zero-order chi connectivity index (χ0) is 18.1. The highest BCUT2D eigenvalue weighted by molar-refractivity contribution is 6.32. The summed E-state index contributed by atoms with van der Waals surface area (Å²) in [4.78, 5) is 12.2. The third kappa shape index (κ3) is 5.31. The highest BCUT2D eigenvalue weighted by Crippen LogP contribution is 2.31. The third-order valence-electron chi connectivity index (χ3n) is 3.50. The summed E-state index contributed by atoms with van der Waals surface area (Å²) < 4.78 is 10.4. The van der Waals surface area contributed by atoms with Gasteiger partial charge in [0.15, 0.2) is 5.69 Å². The molecule has 9 heteroatoms. The summed E-state index contributed by atoms with van der Waals surface area (Å²) in [6.07, 6.45) is 1.50. The number of carbonyl (C=O) groups excluding carboxylic acids is 1. The molecule has 23 heavy (non-hydrogen) atoms. The standard InChI is InChI=1S/C14H25BN2O6/c1-12(2,3)22-11(18)10-9(8-16-17-10)7-14(6,13(4,5)19)23-15(20)21/h8,19-21H,7H2,1-6H3,(H,16,17). The molecule has 0 aliphatic heterocycles. The van der Waals surface area contributed by atoms with Gasteiger partial charge in [-0.3, -0.25) is 5.10 Å². The van der Waals surface area contributed by atoms with Crippen molar-refractivity contribution in [2.45, 2.75) is 64.8 Å². The van der Waals surface area contributed by atoms with Gasteiger partial charge in [-0.1, -0.05) is 0 Å². The van der Waals surface area contributed by atoms with E-state index in [-0.39, 0.29) is 12.1 Å². The van der Waals surface area contributed by atoms with Crippen molar-refractivity contribution in [3.63, 3.8) is 0 Å². The van der Waals surface area contributed by atoms with Gasteiger partial charge in [-0.2, -0.15) is 5.10 Å². The van der Waals surface area contributed by atoms with E-state index >= 15 is 0 Å². The molecule has 0 spiro atoms. The number of hydrogen-bond donors (Lipinski definition) is 4. The van der Waals surface area contributed by atoms with Gasteiger partial charge in [0.1, 0.15) is 5.60 Å². The molecule has 130 valence electrons. The molecule has 1 aromatic heterocycles. The van der Waals surface area contributed by atoms with Crippen LogP contribution in [0.1, 0.15) is 57.6 Å². The summed E-state index contributed by atoms with van der Waals surface area (Å²) in [5.74, 6) is -0.614. The van der Waals surface area contributed by atoms with E-state index in [4.69, 9.17) is 19.4 Å². The minimum Gasteiger partial charge on any atom is -0.455 e. The molecule has 0 saturated heterocycles. The molecule has 0 fully saturated rings. The second kappa shape index (κ2) is 6.60. The Morgan fingerprint density at radius 3 is 2.26 bits per heavy atom. The van der Waals surface area contributed by atoms with E-state index in [1.54, 1.807) is 20.8 Å². The second-order valence-electron chi connectivity index (χ2n) is 7.17. The van der Waals surface area contributed by atoms with E-state index in [1.165, 1.54) is 27.0 Å². The van der Waals surface area contributed by atoms with Crippen molar-refractivity contribution in [1.82, 2.24) is 10.2 Å². The molecule has 0 aliphatic carbocycles. The Kier molecular flexibility index (Phi) is 5.63. The SMILES string of the molecule is CC(C)(C)OC(=O)c1n[nH]cc1CC(C)(OB(O)O)C(C)(C)O. The Balaban J connectivity index is 3.08. The molecule has 0 aromatic carbocycles. The maximum atomic E-state index is 12.2. The van der Waals surface area contributed by atoms with Gasteiger partial charge in [0.05, 0.1) is 11.2 Å². The van der Waals surface area contributed by atoms with E-state index in [1.807, 2.05) is 0 Å². The summed E-state index contributed by atoms with van der Waals surface area (Å²) in [5, 5.41) is 35.0. The lowest BCUT2D eigenvalue weighted by atomic mass is 9.81. The van der Waals surface area contributed by atoms with E-state index < -0.39 is 30.1 Å². The Bertz CT molecular complexity index is 546. The maximum absolute atomic E-state index is 12.2. The molecule has 0 amide bonds. The molecule has 0 saturated carbocycles. The molecule has 0 radical (unpaired) electrons. The largest absolute Gasteiger partial charge is 0.634 e. The van der Waals surface area contributed by atoms with Crippen LogP contribution in [0.3, 0.4) is 0 Å². The van der Waals surface area contributed by atoms with Crippen LogP contribution >= 0.6 is 0 Å². The first-order valence-corrected chi connectivity index (χ1v) is 7.27. The van der Waals surface area contributed by atoms with Crippen molar-refractivity contribution >= 4 is 13.3 Å². The van der Waals surface area contributed by atoms with Crippen LogP contribution in [0.4, 0.5) is 0 Å². The van der Waals surface area contributed by atoms with Gasteiger partial charge in [0.2, 0.25) is 0 Å². The number of aromatic amines is 1. The smallest absolute Gasteiger partial charge is 0.455 e. The first-order chi connectivity index (χ1) is 10.3. The molecular weight excluding hydrogens is 303 g/mol. The summed E-state index contributed by atoms with van der Waals surface area (Å²) in [6.45, 7) is 9.68. The predicted molar refractivity (Wildman–Crippen MR) is 83.4 cm³/mol. The van der Waals surface area contributed by atoms with Gasteiger partial charge in [0.25, 0.3) is 0 Å². The maximum Gasteiger partial charge on any atom is 0.634 e. The van der Waals surface area contributed by atoms with E-state index in [0.717, 1.165) is 0 Å². The van der Waals surface area contributed by atoms with E-state index in [0.29, 0.717) is 5.56 Å². The van der Waals surface area contributed by atoms with Gasteiger partial charge in [-0.05, 0) is 41.5 Å². The van der Waals surface area contributed by atoms with Crippen LogP contribution in [-0.4, -0.2) is 55.4 Å². The van der Waals surface area contributed by atoms with Gasteiger partial charge >= 0.3 is 13.3 Å². The van der Waals surface area contributed by atoms with Gasteiger partial charge in [0, 0.05) is 18.2 Å². The molecule has 1 atom stereocenters. The Morgan fingerprint density at radius 2 is 1.83 bits per heavy atom. The molecule has 0 aliphatic rings. The van der Waals surface area contributed by atoms with E-state index in [2.05, 4.69) is 10.2 Å². The summed E-state index contributed by atoms with van der Waals surface area (Å²) in [6, 6.07) is 0. The minimum atomic E-state index is -2.07. The van der Waals surface area contributed by atoms with Crippen LogP contribution in [0.5, 0.6) is 0 Å². The van der Waals surface area contributed by atoms with Crippen LogP contribution in [0.15, 0.2) is 6.20 Å². The van der Waals surface area contributed by atoms with Crippen LogP contribution < -0.4 is 0 Å². The van der Waals surface area contributed by atoms with Crippen molar-refractivity contribution in [2.24, 2.45) is 0 Å². The van der Waals surface area contributed by atoms with Crippen LogP contribution in [0, 0.1) is 0 Å². The topological polar surface area (TPSA) is 125 Å². The lowest BCUT2D eigenvalue weighted by Crippen LogP contribution is -2.54. The highest BCUT2D eigenvalue weighted by Gasteiger charge is 2.44. The zero-order valence-corrected chi connectivity index (χ0v) is 14.4. The number of H-pyrrole nitrogens is 1. The summed E-state index contributed by atoms with van der Waals surface area (Å²) >= 11 is 0. The van der Waals surface area contributed by atoms with Gasteiger partial charge in [-0.25, -0.2) is 4.79 Å². The first-order valence-electron chi connectivity index (χ1n) is 7.27. The third-order valence-corrected chi connectivity index (χ3v) is 3.50. The Hall–Kier alpha value is -1.42. The number of nitrogens with zero attached hydrogens (tertiary/aromatic N) is 1. The number of ether oxygens (including phenoxy) is 1. The van der Waals surface area contributed by atoms with Crippen molar-refractivity contribution in [1.29, 1.82) is 0 Å². The fraction of sp³-hybridized carbons (Fsp3) is 0.714. The van der Waals surface area contributed by atoms with E-state index in [9.17, 15) is 9.90 Å². The molecule has 4 N–H and O–H groups in total. The van der Waals surface area contributed by atoms with Crippen molar-refractivity contribution in [2.75, 3.05) is 0 Å². The van der Waals surface area contributed by atoms with Crippen LogP contribution in [0.2, 0.25) is 0 Å². The Labute approximate surface area is 136 Å². The normalized spacial score (nSPS) is 15.2. The molecule has 1 aromatic rings.